The molecule has 20 heavy (non-hydrogen) atoms. The summed E-state index contributed by atoms with van der Waals surface area (Å²) in [5.41, 5.74) is 5.59. The van der Waals surface area contributed by atoms with Gasteiger partial charge in [-0.2, -0.15) is 0 Å². The number of amides is 1. The van der Waals surface area contributed by atoms with E-state index in [2.05, 4.69) is 33.0 Å². The van der Waals surface area contributed by atoms with Crippen LogP contribution in [0.2, 0.25) is 0 Å². The third-order valence-electron chi connectivity index (χ3n) is 5.51. The number of carbonyl (C=O) groups is 1. The zero-order valence-corrected chi connectivity index (χ0v) is 13.6. The lowest BCUT2D eigenvalue weighted by molar-refractivity contribution is -0.994. The monoisotopic (exact) mass is 282 g/mol. The highest BCUT2D eigenvalue weighted by atomic mass is 16.1. The van der Waals surface area contributed by atoms with Gasteiger partial charge in [0, 0.05) is 24.9 Å². The minimum absolute atomic E-state index is 0.133. The number of hydrogen-bond donors (Lipinski definition) is 2. The van der Waals surface area contributed by atoms with Crippen molar-refractivity contribution in [3.05, 3.63) is 0 Å². The number of fused-ring (bicyclic) bond motifs is 2. The molecule has 4 nitrogen and oxygen atoms in total. The van der Waals surface area contributed by atoms with E-state index in [1.54, 1.807) is 0 Å². The molecule has 2 bridgehead atoms. The molecule has 0 radical (unpaired) electrons. The van der Waals surface area contributed by atoms with Crippen molar-refractivity contribution in [2.45, 2.75) is 90.0 Å². The van der Waals surface area contributed by atoms with Gasteiger partial charge < -0.3 is 15.5 Å². The molecule has 0 aliphatic carbocycles. The number of carbonyl (C=O) groups excluding carboxylic acids is 1. The standard InChI is InChI=1S/C16H31N3O/c1-11(2)18-13-8-14-6-5-7-15(9-13)19(14,12(3)4)10-16(17)20/h11-15,18H,5-10H2,1-4H3,(H-,17,20)/p+1/t13?,14-,15+,19?. The first-order valence-electron chi connectivity index (χ1n) is 8.27. The van der Waals surface area contributed by atoms with Gasteiger partial charge in [-0.1, -0.05) is 13.8 Å². The Morgan fingerprint density at radius 1 is 1.20 bits per heavy atom. The lowest BCUT2D eigenvalue weighted by Crippen LogP contribution is -2.73. The molecule has 0 spiro atoms. The lowest BCUT2D eigenvalue weighted by Gasteiger charge is -2.59. The van der Waals surface area contributed by atoms with Gasteiger partial charge in [0.25, 0.3) is 5.91 Å². The Morgan fingerprint density at radius 2 is 1.75 bits per heavy atom. The normalized spacial score (nSPS) is 37.4. The van der Waals surface area contributed by atoms with Gasteiger partial charge in [0.1, 0.15) is 0 Å². The van der Waals surface area contributed by atoms with Crippen LogP contribution in [0, 0.1) is 0 Å². The molecule has 4 heteroatoms. The van der Waals surface area contributed by atoms with Crippen molar-refractivity contribution >= 4 is 5.91 Å². The highest BCUT2D eigenvalue weighted by molar-refractivity contribution is 5.75. The molecule has 3 N–H and O–H groups in total. The van der Waals surface area contributed by atoms with Gasteiger partial charge in [0.05, 0.1) is 18.1 Å². The van der Waals surface area contributed by atoms with Crippen LogP contribution in [0.1, 0.15) is 59.8 Å². The predicted octanol–water partition coefficient (Wildman–Crippen LogP) is 1.78. The molecular formula is C16H32N3O+. The molecule has 2 saturated heterocycles. The Labute approximate surface area is 123 Å². The number of nitrogens with two attached hydrogens (primary N) is 1. The fourth-order valence-electron chi connectivity index (χ4n) is 4.91. The molecular weight excluding hydrogens is 250 g/mol. The van der Waals surface area contributed by atoms with Crippen LogP contribution in [0.5, 0.6) is 0 Å². The Kier molecular flexibility index (Phi) is 4.75. The second-order valence-corrected chi connectivity index (χ2v) is 7.44. The maximum atomic E-state index is 11.7. The van der Waals surface area contributed by atoms with Crippen molar-refractivity contribution in [2.24, 2.45) is 5.73 Å². The van der Waals surface area contributed by atoms with Crippen LogP contribution in [0.4, 0.5) is 0 Å². The molecule has 0 aromatic heterocycles. The van der Waals surface area contributed by atoms with Crippen molar-refractivity contribution in [1.82, 2.24) is 5.32 Å². The number of rotatable bonds is 5. The number of hydrogen-bond acceptors (Lipinski definition) is 2. The Balaban J connectivity index is 2.23. The summed E-state index contributed by atoms with van der Waals surface area (Å²) < 4.78 is 0.950. The van der Waals surface area contributed by atoms with Crippen LogP contribution >= 0.6 is 0 Å². The summed E-state index contributed by atoms with van der Waals surface area (Å²) in [7, 11) is 0. The Hall–Kier alpha value is -0.610. The molecule has 116 valence electrons. The molecule has 2 rings (SSSR count). The lowest BCUT2D eigenvalue weighted by atomic mass is 9.77. The van der Waals surface area contributed by atoms with Gasteiger partial charge in [0.15, 0.2) is 6.54 Å². The first-order chi connectivity index (χ1) is 9.36. The average molecular weight is 282 g/mol. The minimum atomic E-state index is -0.133. The van der Waals surface area contributed by atoms with E-state index in [-0.39, 0.29) is 5.91 Å². The molecule has 2 heterocycles. The van der Waals surface area contributed by atoms with E-state index in [1.807, 2.05) is 0 Å². The van der Waals surface area contributed by atoms with Crippen LogP contribution in [-0.4, -0.2) is 47.1 Å². The van der Waals surface area contributed by atoms with Crippen molar-refractivity contribution in [3.63, 3.8) is 0 Å². The van der Waals surface area contributed by atoms with Crippen LogP contribution in [0.3, 0.4) is 0 Å². The zero-order valence-electron chi connectivity index (χ0n) is 13.6. The van der Waals surface area contributed by atoms with E-state index in [4.69, 9.17) is 5.73 Å². The summed E-state index contributed by atoms with van der Waals surface area (Å²) in [6.07, 6.45) is 6.20. The number of primary amides is 1. The first kappa shape index (κ1) is 15.8. The molecule has 2 unspecified atom stereocenters. The second kappa shape index (κ2) is 6.02. The summed E-state index contributed by atoms with van der Waals surface area (Å²) >= 11 is 0. The fraction of sp³-hybridized carbons (Fsp3) is 0.938. The number of nitrogens with one attached hydrogen (secondary N) is 1. The molecule has 0 aromatic carbocycles. The minimum Gasteiger partial charge on any atom is -0.365 e. The summed E-state index contributed by atoms with van der Waals surface area (Å²) in [4.78, 5) is 11.7. The maximum Gasteiger partial charge on any atom is 0.272 e. The maximum absolute atomic E-state index is 11.7. The van der Waals surface area contributed by atoms with E-state index in [9.17, 15) is 4.79 Å². The molecule has 4 atom stereocenters. The summed E-state index contributed by atoms with van der Waals surface area (Å²) in [6.45, 7) is 9.51. The van der Waals surface area contributed by atoms with Gasteiger partial charge in [0.2, 0.25) is 0 Å². The summed E-state index contributed by atoms with van der Waals surface area (Å²) in [5, 5.41) is 3.71. The largest absolute Gasteiger partial charge is 0.365 e. The van der Waals surface area contributed by atoms with Crippen LogP contribution in [0.15, 0.2) is 0 Å². The Morgan fingerprint density at radius 3 is 2.15 bits per heavy atom. The smallest absolute Gasteiger partial charge is 0.272 e. The third kappa shape index (κ3) is 2.86. The SMILES string of the molecule is CC(C)NC1C[C@H]2CCC[C@@H](C1)[N+]2(CC(N)=O)C(C)C. The topological polar surface area (TPSA) is 55.1 Å². The van der Waals surface area contributed by atoms with Gasteiger partial charge in [-0.3, -0.25) is 4.79 Å². The first-order valence-corrected chi connectivity index (χ1v) is 8.27. The quantitative estimate of drug-likeness (QED) is 0.755. The van der Waals surface area contributed by atoms with Crippen LogP contribution < -0.4 is 11.1 Å². The molecule has 0 aromatic rings. The van der Waals surface area contributed by atoms with Crippen molar-refractivity contribution in [3.8, 4) is 0 Å². The van der Waals surface area contributed by atoms with Crippen molar-refractivity contribution < 1.29 is 9.28 Å². The van der Waals surface area contributed by atoms with Crippen molar-refractivity contribution in [1.29, 1.82) is 0 Å². The van der Waals surface area contributed by atoms with E-state index < -0.39 is 0 Å². The van der Waals surface area contributed by atoms with Gasteiger partial charge in [-0.05, 0) is 33.1 Å². The molecule has 2 aliphatic rings. The molecule has 2 aliphatic heterocycles. The highest BCUT2D eigenvalue weighted by Crippen LogP contribution is 2.42. The van der Waals surface area contributed by atoms with Gasteiger partial charge in [-0.25, -0.2) is 0 Å². The summed E-state index contributed by atoms with van der Waals surface area (Å²) in [6, 6.07) is 2.84. The average Bonchev–Trinajstić information content (AvgIpc) is 2.28. The number of piperidine rings is 2. The van der Waals surface area contributed by atoms with Gasteiger partial charge >= 0.3 is 0 Å². The van der Waals surface area contributed by atoms with E-state index in [0.717, 1.165) is 4.48 Å². The number of quaternary nitrogens is 1. The van der Waals surface area contributed by atoms with E-state index in [0.29, 0.717) is 36.8 Å². The van der Waals surface area contributed by atoms with E-state index in [1.165, 1.54) is 32.1 Å². The van der Waals surface area contributed by atoms with Crippen molar-refractivity contribution in [2.75, 3.05) is 6.54 Å². The van der Waals surface area contributed by atoms with Crippen LogP contribution in [-0.2, 0) is 4.79 Å². The zero-order chi connectivity index (χ0) is 14.9. The number of nitrogens with zero attached hydrogens (tertiary/aromatic N) is 1. The van der Waals surface area contributed by atoms with E-state index >= 15 is 0 Å². The third-order valence-corrected chi connectivity index (χ3v) is 5.51. The molecule has 0 saturated carbocycles. The fourth-order valence-corrected chi connectivity index (χ4v) is 4.91. The molecule has 1 amide bonds. The van der Waals surface area contributed by atoms with Gasteiger partial charge in [-0.15, -0.1) is 0 Å². The summed E-state index contributed by atoms with van der Waals surface area (Å²) in [5.74, 6) is -0.133. The second-order valence-electron chi connectivity index (χ2n) is 7.44. The van der Waals surface area contributed by atoms with Crippen LogP contribution in [0.25, 0.3) is 0 Å². The Bertz CT molecular complexity index is 340. The highest BCUT2D eigenvalue weighted by Gasteiger charge is 2.53. The predicted molar refractivity (Wildman–Crippen MR) is 82.2 cm³/mol. The molecule has 2 fully saturated rings.